The van der Waals surface area contributed by atoms with E-state index >= 15 is 0 Å². The second kappa shape index (κ2) is 8.21. The number of carbonyl (C=O) groups excluding carboxylic acids is 5. The third-order valence-corrected chi connectivity index (χ3v) is 6.18. The molecular formula is C26H20N4O5. The number of imide groups is 2. The number of rotatable bonds is 5. The van der Waals surface area contributed by atoms with Crippen LogP contribution in [-0.4, -0.2) is 34.6 Å². The highest BCUT2D eigenvalue weighted by atomic mass is 16.2. The quantitative estimate of drug-likeness (QED) is 0.392. The van der Waals surface area contributed by atoms with E-state index in [2.05, 4.69) is 16.0 Å². The molecule has 6 amide bonds. The predicted octanol–water partition coefficient (Wildman–Crippen LogP) is 2.79. The van der Waals surface area contributed by atoms with Gasteiger partial charge in [0.05, 0.1) is 17.7 Å². The van der Waals surface area contributed by atoms with Crippen LogP contribution in [0.3, 0.4) is 0 Å². The van der Waals surface area contributed by atoms with Crippen molar-refractivity contribution in [2.24, 2.45) is 0 Å². The Balaban J connectivity index is 1.27. The Morgan fingerprint density at radius 2 is 1.54 bits per heavy atom. The van der Waals surface area contributed by atoms with Crippen LogP contribution in [0.15, 0.2) is 72.8 Å². The first kappa shape index (κ1) is 22.0. The van der Waals surface area contributed by atoms with E-state index in [9.17, 15) is 24.0 Å². The van der Waals surface area contributed by atoms with Gasteiger partial charge in [-0.25, -0.2) is 4.79 Å². The van der Waals surface area contributed by atoms with E-state index in [1.54, 1.807) is 79.7 Å². The first-order valence-corrected chi connectivity index (χ1v) is 10.9. The minimum absolute atomic E-state index is 0.0999. The predicted molar refractivity (Wildman–Crippen MR) is 126 cm³/mol. The molecule has 0 aliphatic carbocycles. The summed E-state index contributed by atoms with van der Waals surface area (Å²) in [7, 11) is 0. The molecule has 174 valence electrons. The summed E-state index contributed by atoms with van der Waals surface area (Å²) in [6.07, 6.45) is 0. The zero-order valence-corrected chi connectivity index (χ0v) is 18.6. The fraction of sp³-hybridized carbons (Fsp3) is 0.115. The Labute approximate surface area is 200 Å². The average molecular weight is 468 g/mol. The molecule has 0 saturated carbocycles. The maximum Gasteiger partial charge on any atom is 0.322 e. The third kappa shape index (κ3) is 3.82. The number of anilines is 1. The molecule has 1 saturated heterocycles. The molecule has 0 spiro atoms. The van der Waals surface area contributed by atoms with Crippen LogP contribution in [-0.2, 0) is 16.9 Å². The fourth-order valence-electron chi connectivity index (χ4n) is 4.18. The first-order chi connectivity index (χ1) is 16.8. The summed E-state index contributed by atoms with van der Waals surface area (Å²) in [4.78, 5) is 62.9. The largest absolute Gasteiger partial charge is 0.322 e. The number of hydrogen-bond acceptors (Lipinski definition) is 5. The highest BCUT2D eigenvalue weighted by Gasteiger charge is 2.43. The average Bonchev–Trinajstić information content (AvgIpc) is 3.26. The molecule has 1 fully saturated rings. The summed E-state index contributed by atoms with van der Waals surface area (Å²) in [6.45, 7) is 1.68. The van der Waals surface area contributed by atoms with Crippen LogP contribution in [0.25, 0.3) is 0 Å². The van der Waals surface area contributed by atoms with Crippen molar-refractivity contribution in [3.63, 3.8) is 0 Å². The smallest absolute Gasteiger partial charge is 0.322 e. The van der Waals surface area contributed by atoms with Crippen molar-refractivity contribution in [3.8, 4) is 0 Å². The van der Waals surface area contributed by atoms with Crippen molar-refractivity contribution < 1.29 is 24.0 Å². The monoisotopic (exact) mass is 468 g/mol. The number of hydrogen-bond donors (Lipinski definition) is 3. The van der Waals surface area contributed by atoms with E-state index < -0.39 is 17.5 Å². The van der Waals surface area contributed by atoms with Crippen LogP contribution < -0.4 is 16.0 Å². The molecule has 2 aliphatic rings. The number of nitrogens with one attached hydrogen (secondary N) is 3. The van der Waals surface area contributed by atoms with Gasteiger partial charge in [-0.3, -0.25) is 29.4 Å². The molecule has 9 heteroatoms. The van der Waals surface area contributed by atoms with Crippen molar-refractivity contribution in [1.29, 1.82) is 0 Å². The lowest BCUT2D eigenvalue weighted by Gasteiger charge is -2.21. The summed E-state index contributed by atoms with van der Waals surface area (Å²) >= 11 is 0. The molecule has 3 aromatic carbocycles. The molecule has 0 radical (unpaired) electrons. The van der Waals surface area contributed by atoms with Gasteiger partial charge in [0.1, 0.15) is 5.54 Å². The Morgan fingerprint density at radius 1 is 0.886 bits per heavy atom. The van der Waals surface area contributed by atoms with Gasteiger partial charge in [-0.2, -0.15) is 0 Å². The Hall–Kier alpha value is -4.79. The lowest BCUT2D eigenvalue weighted by atomic mass is 9.92. The van der Waals surface area contributed by atoms with Crippen LogP contribution in [0, 0.1) is 0 Å². The molecule has 9 nitrogen and oxygen atoms in total. The van der Waals surface area contributed by atoms with Crippen molar-refractivity contribution in [3.05, 3.63) is 101 Å². The maximum absolute atomic E-state index is 12.8. The molecule has 3 N–H and O–H groups in total. The zero-order valence-electron chi connectivity index (χ0n) is 18.6. The zero-order chi connectivity index (χ0) is 24.7. The van der Waals surface area contributed by atoms with Crippen LogP contribution >= 0.6 is 0 Å². The van der Waals surface area contributed by atoms with E-state index in [4.69, 9.17) is 0 Å². The number of urea groups is 1. The van der Waals surface area contributed by atoms with Gasteiger partial charge in [0.25, 0.3) is 23.6 Å². The molecule has 35 heavy (non-hydrogen) atoms. The van der Waals surface area contributed by atoms with Gasteiger partial charge in [0.15, 0.2) is 0 Å². The van der Waals surface area contributed by atoms with E-state index in [1.165, 1.54) is 4.90 Å². The van der Waals surface area contributed by atoms with Gasteiger partial charge >= 0.3 is 6.03 Å². The molecular weight excluding hydrogens is 448 g/mol. The molecule has 3 aromatic rings. The van der Waals surface area contributed by atoms with Crippen molar-refractivity contribution in [2.75, 3.05) is 5.32 Å². The molecule has 0 aromatic heterocycles. The van der Waals surface area contributed by atoms with Crippen LogP contribution in [0.5, 0.6) is 0 Å². The SMILES string of the molecule is CC1(c2cccc(NC(=O)c3ccc(CN4C(=O)c5ccccc5C4=O)cc3)c2)NC(=O)NC1=O. The molecule has 5 rings (SSSR count). The summed E-state index contributed by atoms with van der Waals surface area (Å²) in [5.74, 6) is -1.53. The summed E-state index contributed by atoms with van der Waals surface area (Å²) in [6, 6.07) is 19.4. The third-order valence-electron chi connectivity index (χ3n) is 6.18. The van der Waals surface area contributed by atoms with Crippen LogP contribution in [0.4, 0.5) is 10.5 Å². The highest BCUT2D eigenvalue weighted by Crippen LogP contribution is 2.27. The minimum Gasteiger partial charge on any atom is -0.322 e. The topological polar surface area (TPSA) is 125 Å². The van der Waals surface area contributed by atoms with Gasteiger partial charge in [0.2, 0.25) is 0 Å². The second-order valence-corrected chi connectivity index (χ2v) is 8.51. The maximum atomic E-state index is 12.8. The summed E-state index contributed by atoms with van der Waals surface area (Å²) in [5, 5.41) is 7.59. The Bertz CT molecular complexity index is 1380. The molecule has 0 bridgehead atoms. The molecule has 1 atom stereocenters. The van der Waals surface area contributed by atoms with E-state index in [0.717, 1.165) is 0 Å². The van der Waals surface area contributed by atoms with Crippen molar-refractivity contribution in [2.45, 2.75) is 19.0 Å². The van der Waals surface area contributed by atoms with Gasteiger partial charge < -0.3 is 10.6 Å². The Morgan fingerprint density at radius 3 is 2.14 bits per heavy atom. The normalized spacial score (nSPS) is 18.8. The van der Waals surface area contributed by atoms with Gasteiger partial charge in [0, 0.05) is 11.3 Å². The van der Waals surface area contributed by atoms with E-state index in [-0.39, 0.29) is 24.3 Å². The summed E-state index contributed by atoms with van der Waals surface area (Å²) in [5.41, 5.74) is 1.60. The van der Waals surface area contributed by atoms with Crippen molar-refractivity contribution in [1.82, 2.24) is 15.5 Å². The minimum atomic E-state index is -1.23. The Kier molecular flexibility index (Phi) is 5.17. The van der Waals surface area contributed by atoms with Gasteiger partial charge in [-0.05, 0) is 54.4 Å². The number of fused-ring (bicyclic) bond motifs is 1. The van der Waals surface area contributed by atoms with Gasteiger partial charge in [-0.1, -0.05) is 36.4 Å². The molecule has 2 aliphatic heterocycles. The van der Waals surface area contributed by atoms with Crippen LogP contribution in [0.2, 0.25) is 0 Å². The second-order valence-electron chi connectivity index (χ2n) is 8.51. The van der Waals surface area contributed by atoms with Crippen LogP contribution in [0.1, 0.15) is 49.1 Å². The first-order valence-electron chi connectivity index (χ1n) is 10.9. The molecule has 2 heterocycles. The fourth-order valence-corrected chi connectivity index (χ4v) is 4.18. The lowest BCUT2D eigenvalue weighted by Crippen LogP contribution is -2.40. The number of amides is 6. The highest BCUT2D eigenvalue weighted by molar-refractivity contribution is 6.21. The molecule has 1 unspecified atom stereocenters. The number of nitrogens with zero attached hydrogens (tertiary/aromatic N) is 1. The lowest BCUT2D eigenvalue weighted by molar-refractivity contribution is -0.123. The van der Waals surface area contributed by atoms with E-state index in [0.29, 0.717) is 33.5 Å². The number of carbonyl (C=O) groups is 5. The standard InChI is InChI=1S/C26H20N4O5/c1-26(24(34)28-25(35)29-26)17-5-4-6-18(13-17)27-21(31)16-11-9-15(10-12-16)14-30-22(32)19-7-2-3-8-20(19)23(30)33/h2-13H,14H2,1H3,(H,27,31)(H2,28,29,34,35). The van der Waals surface area contributed by atoms with Gasteiger partial charge in [-0.15, -0.1) is 0 Å². The number of benzene rings is 3. The van der Waals surface area contributed by atoms with E-state index in [1.807, 2.05) is 0 Å². The summed E-state index contributed by atoms with van der Waals surface area (Å²) < 4.78 is 0. The van der Waals surface area contributed by atoms with Crippen molar-refractivity contribution >= 4 is 35.3 Å².